The van der Waals surface area contributed by atoms with Gasteiger partial charge in [0, 0.05) is 12.0 Å². The van der Waals surface area contributed by atoms with Gasteiger partial charge in [0.1, 0.15) is 0 Å². The van der Waals surface area contributed by atoms with Crippen molar-refractivity contribution in [2.75, 3.05) is 0 Å². The summed E-state index contributed by atoms with van der Waals surface area (Å²) in [5.74, 6) is -1.41. The maximum atomic E-state index is 11.7. The Hall–Kier alpha value is -2.10. The summed E-state index contributed by atoms with van der Waals surface area (Å²) in [5, 5.41) is 18.3. The number of carbonyl (C=O) groups is 2. The van der Waals surface area contributed by atoms with Crippen LogP contribution in [0.2, 0.25) is 0 Å². The van der Waals surface area contributed by atoms with Gasteiger partial charge >= 0.3 is 11.9 Å². The lowest BCUT2D eigenvalue weighted by molar-refractivity contribution is -0.137. The van der Waals surface area contributed by atoms with Gasteiger partial charge in [0.05, 0.1) is 0 Å². The van der Waals surface area contributed by atoms with E-state index in [2.05, 4.69) is 37.3 Å². The molecular formula is C36H62O4. The number of hydrogen-bond donors (Lipinski definition) is 2. The Morgan fingerprint density at radius 3 is 1.60 bits per heavy atom. The summed E-state index contributed by atoms with van der Waals surface area (Å²) in [6.45, 7) is 4.31. The number of unbranched alkanes of at least 4 members (excludes halogenated alkanes) is 17. The predicted octanol–water partition coefficient (Wildman–Crippen LogP) is 11.4. The lowest BCUT2D eigenvalue weighted by Gasteiger charge is -2.11. The third kappa shape index (κ3) is 27.5. The van der Waals surface area contributed by atoms with Gasteiger partial charge in [-0.2, -0.15) is 0 Å². The van der Waals surface area contributed by atoms with Crippen molar-refractivity contribution >= 4 is 11.9 Å². The molecule has 0 fully saturated rings. The summed E-state index contributed by atoms with van der Waals surface area (Å²) < 4.78 is 0. The summed E-state index contributed by atoms with van der Waals surface area (Å²) in [5.41, 5.74) is 0.535. The van der Waals surface area contributed by atoms with E-state index in [0.29, 0.717) is 5.57 Å². The van der Waals surface area contributed by atoms with Crippen molar-refractivity contribution < 1.29 is 19.8 Å². The van der Waals surface area contributed by atoms with E-state index in [9.17, 15) is 14.7 Å². The van der Waals surface area contributed by atoms with Gasteiger partial charge in [0.2, 0.25) is 0 Å². The van der Waals surface area contributed by atoms with E-state index in [4.69, 9.17) is 5.11 Å². The van der Waals surface area contributed by atoms with Crippen molar-refractivity contribution in [3.05, 3.63) is 48.1 Å². The van der Waals surface area contributed by atoms with Gasteiger partial charge in [0.25, 0.3) is 0 Å². The molecule has 0 radical (unpaired) electrons. The molecule has 4 nitrogen and oxygen atoms in total. The average molecular weight is 559 g/mol. The number of hydrogen-bond acceptors (Lipinski definition) is 2. The lowest BCUT2D eigenvalue weighted by Crippen LogP contribution is -2.09. The minimum Gasteiger partial charge on any atom is -0.481 e. The quantitative estimate of drug-likeness (QED) is 0.0414. The van der Waals surface area contributed by atoms with Gasteiger partial charge in [-0.15, -0.1) is 0 Å². The fraction of sp³-hybridized carbons (Fsp3) is 0.722. The number of allylic oxidation sites excluding steroid dienone is 7. The Balaban J connectivity index is 3.81. The van der Waals surface area contributed by atoms with Crippen LogP contribution in [0.5, 0.6) is 0 Å². The smallest absolute Gasteiger partial charge is 0.331 e. The molecule has 0 saturated heterocycles. The second kappa shape index (κ2) is 29.9. The molecule has 40 heavy (non-hydrogen) atoms. The molecule has 0 heterocycles. The monoisotopic (exact) mass is 558 g/mol. The molecule has 0 amide bonds. The molecule has 0 bridgehead atoms. The molecule has 0 aliphatic carbocycles. The maximum absolute atomic E-state index is 11.7. The molecule has 0 saturated carbocycles. The standard InChI is InChI=1S/C36H62O4/c1-3-4-5-6-7-8-9-10-13-16-19-22-25-28-31-34(36(39)40)33(2)30-27-24-21-18-15-12-11-14-17-20-23-26-29-32-35(37)38/h11-12,17,20,25,28,31,33H,3-10,13-16,18-19,21-24,26-27,29-30,32H2,1-2H3,(H,37,38)(H,39,40). The number of carboxylic acid groups (broad SMARTS) is 2. The number of aliphatic carboxylic acids is 2. The first-order valence-corrected chi connectivity index (χ1v) is 16.6. The fourth-order valence-corrected chi connectivity index (χ4v) is 4.91. The molecule has 0 aliphatic heterocycles. The molecule has 2 N–H and O–H groups in total. The van der Waals surface area contributed by atoms with Crippen LogP contribution in [0, 0.1) is 5.92 Å². The Bertz CT molecular complexity index is 716. The van der Waals surface area contributed by atoms with Gasteiger partial charge < -0.3 is 10.2 Å². The highest BCUT2D eigenvalue weighted by molar-refractivity contribution is 5.87. The number of rotatable bonds is 29. The SMILES string of the molecule is CCCCCCCCCCCCCC=CC=C(C(=O)O)C(C)CCCCCCC=CCC=CCCCCC(=O)O. The van der Waals surface area contributed by atoms with E-state index in [1.165, 1.54) is 83.5 Å². The van der Waals surface area contributed by atoms with Crippen molar-refractivity contribution in [2.45, 2.75) is 162 Å². The molecule has 0 aromatic rings. The second-order valence-corrected chi connectivity index (χ2v) is 11.4. The van der Waals surface area contributed by atoms with Crippen LogP contribution < -0.4 is 0 Å². The van der Waals surface area contributed by atoms with Crippen LogP contribution in [-0.2, 0) is 9.59 Å². The molecular weight excluding hydrogens is 496 g/mol. The second-order valence-electron chi connectivity index (χ2n) is 11.4. The third-order valence-corrected chi connectivity index (χ3v) is 7.54. The zero-order valence-electron chi connectivity index (χ0n) is 26.1. The van der Waals surface area contributed by atoms with E-state index in [1.54, 1.807) is 0 Å². The molecule has 1 atom stereocenters. The topological polar surface area (TPSA) is 74.6 Å². The minimum absolute atomic E-state index is 0.0833. The molecule has 0 rings (SSSR count). The van der Waals surface area contributed by atoms with Crippen molar-refractivity contribution in [1.29, 1.82) is 0 Å². The summed E-state index contributed by atoms with van der Waals surface area (Å²) in [4.78, 5) is 22.2. The fourth-order valence-electron chi connectivity index (χ4n) is 4.91. The molecule has 1 unspecified atom stereocenters. The van der Waals surface area contributed by atoms with Gasteiger partial charge in [-0.05, 0) is 63.7 Å². The first kappa shape index (κ1) is 37.9. The molecule has 0 aliphatic rings. The zero-order chi connectivity index (χ0) is 29.5. The average Bonchev–Trinajstić information content (AvgIpc) is 2.92. The largest absolute Gasteiger partial charge is 0.481 e. The van der Waals surface area contributed by atoms with Crippen molar-refractivity contribution in [3.8, 4) is 0 Å². The first-order chi connectivity index (χ1) is 19.5. The lowest BCUT2D eigenvalue weighted by atomic mass is 9.94. The Morgan fingerprint density at radius 1 is 0.600 bits per heavy atom. The normalized spacial score (nSPS) is 13.2. The van der Waals surface area contributed by atoms with Crippen molar-refractivity contribution in [2.24, 2.45) is 5.92 Å². The highest BCUT2D eigenvalue weighted by Gasteiger charge is 2.14. The van der Waals surface area contributed by atoms with E-state index >= 15 is 0 Å². The number of carboxylic acids is 2. The van der Waals surface area contributed by atoms with Crippen molar-refractivity contribution in [3.63, 3.8) is 0 Å². The molecule has 230 valence electrons. The van der Waals surface area contributed by atoms with E-state index in [0.717, 1.165) is 57.8 Å². The van der Waals surface area contributed by atoms with Gasteiger partial charge in [-0.25, -0.2) is 4.79 Å². The van der Waals surface area contributed by atoms with Crippen LogP contribution in [0.1, 0.15) is 162 Å². The zero-order valence-corrected chi connectivity index (χ0v) is 26.1. The Kier molecular flexibility index (Phi) is 28.3. The van der Waals surface area contributed by atoms with Crippen molar-refractivity contribution in [1.82, 2.24) is 0 Å². The van der Waals surface area contributed by atoms with E-state index in [-0.39, 0.29) is 12.3 Å². The highest BCUT2D eigenvalue weighted by Crippen LogP contribution is 2.20. The van der Waals surface area contributed by atoms with Gasteiger partial charge in [-0.1, -0.05) is 140 Å². The van der Waals surface area contributed by atoms with Crippen LogP contribution in [-0.4, -0.2) is 22.2 Å². The third-order valence-electron chi connectivity index (χ3n) is 7.54. The highest BCUT2D eigenvalue weighted by atomic mass is 16.4. The first-order valence-electron chi connectivity index (χ1n) is 16.6. The summed E-state index contributed by atoms with van der Waals surface area (Å²) >= 11 is 0. The predicted molar refractivity (Wildman–Crippen MR) is 172 cm³/mol. The summed E-state index contributed by atoms with van der Waals surface area (Å²) in [6.07, 6.45) is 40.9. The molecule has 4 heteroatoms. The molecule has 0 spiro atoms. The van der Waals surface area contributed by atoms with E-state index < -0.39 is 11.9 Å². The van der Waals surface area contributed by atoms with Crippen LogP contribution in [0.15, 0.2) is 48.1 Å². The van der Waals surface area contributed by atoms with Crippen LogP contribution in [0.25, 0.3) is 0 Å². The molecule has 0 aromatic heterocycles. The Labute approximate surface area is 247 Å². The van der Waals surface area contributed by atoms with Crippen LogP contribution in [0.4, 0.5) is 0 Å². The Morgan fingerprint density at radius 2 is 1.07 bits per heavy atom. The molecule has 0 aromatic carbocycles. The summed E-state index contributed by atoms with van der Waals surface area (Å²) in [6, 6.07) is 0. The summed E-state index contributed by atoms with van der Waals surface area (Å²) in [7, 11) is 0. The van der Waals surface area contributed by atoms with Gasteiger partial charge in [0.15, 0.2) is 0 Å². The van der Waals surface area contributed by atoms with Gasteiger partial charge in [-0.3, -0.25) is 4.79 Å². The maximum Gasteiger partial charge on any atom is 0.331 e. The minimum atomic E-state index is -0.786. The van der Waals surface area contributed by atoms with E-state index in [1.807, 2.05) is 19.1 Å². The van der Waals surface area contributed by atoms with Crippen LogP contribution in [0.3, 0.4) is 0 Å². The van der Waals surface area contributed by atoms with Crippen LogP contribution >= 0.6 is 0 Å².